The Bertz CT molecular complexity index is 950. The van der Waals surface area contributed by atoms with Gasteiger partial charge in [0.15, 0.2) is 0 Å². The van der Waals surface area contributed by atoms with Gasteiger partial charge in [-0.3, -0.25) is 9.48 Å². The largest absolute Gasteiger partial charge is 0.459 e. The van der Waals surface area contributed by atoms with Crippen molar-refractivity contribution in [2.24, 2.45) is 5.92 Å². The lowest BCUT2D eigenvalue weighted by Gasteiger charge is -2.16. The van der Waals surface area contributed by atoms with Crippen LogP contribution in [0.5, 0.6) is 0 Å². The highest BCUT2D eigenvalue weighted by molar-refractivity contribution is 7.17. The number of esters is 1. The summed E-state index contributed by atoms with van der Waals surface area (Å²) in [7, 11) is 0. The molecule has 1 aliphatic carbocycles. The summed E-state index contributed by atoms with van der Waals surface area (Å²) in [6.45, 7) is 9.88. The van der Waals surface area contributed by atoms with Gasteiger partial charge in [0.05, 0.1) is 40.5 Å². The van der Waals surface area contributed by atoms with Crippen molar-refractivity contribution in [3.05, 3.63) is 32.4 Å². The minimum atomic E-state index is -0.336. The number of carbonyl (C=O) groups excluding carboxylic acids is 2. The predicted octanol–water partition coefficient (Wildman–Crippen LogP) is 5.32. The van der Waals surface area contributed by atoms with Crippen LogP contribution in [0.4, 0.5) is 5.00 Å². The zero-order chi connectivity index (χ0) is 22.0. The molecule has 2 aromatic rings. The summed E-state index contributed by atoms with van der Waals surface area (Å²) in [6, 6.07) is 0. The highest BCUT2D eigenvalue weighted by Crippen LogP contribution is 2.39. The molecule has 1 N–H and O–H groups in total. The lowest BCUT2D eigenvalue weighted by Crippen LogP contribution is -2.26. The Hall–Kier alpha value is -1.86. The third kappa shape index (κ3) is 4.72. The molecule has 0 spiro atoms. The molecule has 0 saturated carbocycles. The first-order chi connectivity index (χ1) is 14.2. The Kier molecular flexibility index (Phi) is 7.24. The molecule has 6 nitrogen and oxygen atoms in total. The second-order valence-electron chi connectivity index (χ2n) is 8.10. The van der Waals surface area contributed by atoms with E-state index in [0.29, 0.717) is 22.1 Å². The highest BCUT2D eigenvalue weighted by atomic mass is 35.5. The number of nitrogens with one attached hydrogen (secondary N) is 1. The number of rotatable bonds is 7. The average Bonchev–Trinajstić information content (AvgIpc) is 3.19. The number of nitrogens with zero attached hydrogens (tertiary/aromatic N) is 2. The number of anilines is 1. The number of fused-ring (bicyclic) bond motifs is 1. The molecule has 0 saturated heterocycles. The molecule has 0 aliphatic heterocycles. The fourth-order valence-corrected chi connectivity index (χ4v) is 5.04. The Balaban J connectivity index is 1.80. The van der Waals surface area contributed by atoms with Crippen LogP contribution in [0, 0.1) is 19.8 Å². The second kappa shape index (κ2) is 9.52. The zero-order valence-electron chi connectivity index (χ0n) is 18.3. The quantitative estimate of drug-likeness (QED) is 0.578. The first-order valence-corrected chi connectivity index (χ1v) is 11.8. The SMILES string of the molecule is CCC(C)OC(=O)c1c(NC(=O)C(C)Cn2nc(C)c(Cl)c2C)sc2c1CCCC2. The number of aryl methyl sites for hydroxylation is 2. The van der Waals surface area contributed by atoms with E-state index in [1.807, 2.05) is 34.6 Å². The zero-order valence-corrected chi connectivity index (χ0v) is 19.9. The van der Waals surface area contributed by atoms with Crippen molar-refractivity contribution in [1.82, 2.24) is 9.78 Å². The van der Waals surface area contributed by atoms with Gasteiger partial charge in [0.1, 0.15) is 5.00 Å². The van der Waals surface area contributed by atoms with E-state index in [9.17, 15) is 9.59 Å². The Morgan fingerprint density at radius 2 is 1.97 bits per heavy atom. The molecule has 8 heteroatoms. The minimum Gasteiger partial charge on any atom is -0.459 e. The summed E-state index contributed by atoms with van der Waals surface area (Å²) < 4.78 is 7.37. The Labute approximate surface area is 186 Å². The van der Waals surface area contributed by atoms with E-state index in [2.05, 4.69) is 10.4 Å². The molecule has 1 aliphatic rings. The maximum atomic E-state index is 13.0. The molecule has 1 amide bonds. The third-order valence-electron chi connectivity index (χ3n) is 5.68. The molecule has 2 unspecified atom stereocenters. The van der Waals surface area contributed by atoms with Crippen LogP contribution in [0.3, 0.4) is 0 Å². The van der Waals surface area contributed by atoms with Gasteiger partial charge in [-0.2, -0.15) is 5.10 Å². The molecule has 164 valence electrons. The summed E-state index contributed by atoms with van der Waals surface area (Å²) in [5.74, 6) is -0.816. The van der Waals surface area contributed by atoms with Crippen LogP contribution in [-0.2, 0) is 28.9 Å². The number of hydrogen-bond acceptors (Lipinski definition) is 5. The van der Waals surface area contributed by atoms with Gasteiger partial charge >= 0.3 is 5.97 Å². The summed E-state index contributed by atoms with van der Waals surface area (Å²) in [5.41, 5.74) is 3.19. The Morgan fingerprint density at radius 3 is 2.60 bits per heavy atom. The van der Waals surface area contributed by atoms with E-state index in [0.717, 1.165) is 49.1 Å². The summed E-state index contributed by atoms with van der Waals surface area (Å²) in [4.78, 5) is 27.0. The third-order valence-corrected chi connectivity index (χ3v) is 7.44. The standard InChI is InChI=1S/C22H30ClN3O3S/c1-6-13(3)29-22(28)18-16-9-7-8-10-17(16)30-21(18)24-20(27)12(2)11-26-15(5)19(23)14(4)25-26/h12-13H,6-11H2,1-5H3,(H,24,27). The molecule has 3 rings (SSSR count). The fraction of sp³-hybridized carbons (Fsp3) is 0.591. The summed E-state index contributed by atoms with van der Waals surface area (Å²) >= 11 is 7.73. The molecule has 2 aromatic heterocycles. The number of ether oxygens (including phenoxy) is 1. The van der Waals surface area contributed by atoms with Crippen molar-refractivity contribution in [2.45, 2.75) is 79.4 Å². The summed E-state index contributed by atoms with van der Waals surface area (Å²) in [5, 5.41) is 8.66. The lowest BCUT2D eigenvalue weighted by atomic mass is 9.95. The number of halogens is 1. The van der Waals surface area contributed by atoms with Crippen LogP contribution in [0.15, 0.2) is 0 Å². The first-order valence-electron chi connectivity index (χ1n) is 10.6. The van der Waals surface area contributed by atoms with Crippen molar-refractivity contribution in [1.29, 1.82) is 0 Å². The van der Waals surface area contributed by atoms with Gasteiger partial charge in [0.2, 0.25) is 5.91 Å². The van der Waals surface area contributed by atoms with Crippen LogP contribution in [0.25, 0.3) is 0 Å². The van der Waals surface area contributed by atoms with E-state index in [1.165, 1.54) is 16.2 Å². The molecule has 0 bridgehead atoms. The summed E-state index contributed by atoms with van der Waals surface area (Å²) in [6.07, 6.45) is 4.55. The fourth-order valence-electron chi connectivity index (χ4n) is 3.63. The van der Waals surface area contributed by atoms with Gasteiger partial charge in [0, 0.05) is 4.88 Å². The van der Waals surface area contributed by atoms with E-state index in [1.54, 1.807) is 4.68 Å². The van der Waals surface area contributed by atoms with Gasteiger partial charge in [0.25, 0.3) is 0 Å². The van der Waals surface area contributed by atoms with Crippen LogP contribution < -0.4 is 5.32 Å². The van der Waals surface area contributed by atoms with Gasteiger partial charge in [-0.05, 0) is 58.4 Å². The number of amides is 1. The molecule has 2 atom stereocenters. The van der Waals surface area contributed by atoms with E-state index in [-0.39, 0.29) is 23.9 Å². The first kappa shape index (κ1) is 22.8. The number of hydrogen-bond donors (Lipinski definition) is 1. The average molecular weight is 452 g/mol. The van der Waals surface area contributed by atoms with Crippen molar-refractivity contribution in [2.75, 3.05) is 5.32 Å². The van der Waals surface area contributed by atoms with Crippen molar-refractivity contribution in [3.8, 4) is 0 Å². The van der Waals surface area contributed by atoms with Crippen LogP contribution in [-0.4, -0.2) is 27.8 Å². The maximum Gasteiger partial charge on any atom is 0.341 e. The normalized spacial score (nSPS) is 15.4. The van der Waals surface area contributed by atoms with Gasteiger partial charge in [-0.15, -0.1) is 11.3 Å². The van der Waals surface area contributed by atoms with E-state index < -0.39 is 0 Å². The van der Waals surface area contributed by atoms with Crippen LogP contribution >= 0.6 is 22.9 Å². The van der Waals surface area contributed by atoms with Crippen LogP contribution in [0.1, 0.15) is 72.2 Å². The van der Waals surface area contributed by atoms with Crippen molar-refractivity contribution < 1.29 is 14.3 Å². The topological polar surface area (TPSA) is 73.2 Å². The van der Waals surface area contributed by atoms with E-state index in [4.69, 9.17) is 16.3 Å². The smallest absolute Gasteiger partial charge is 0.341 e. The maximum absolute atomic E-state index is 13.0. The molecule has 2 heterocycles. The lowest BCUT2D eigenvalue weighted by molar-refractivity contribution is -0.119. The number of thiophene rings is 1. The minimum absolute atomic E-state index is 0.144. The van der Waals surface area contributed by atoms with Crippen LogP contribution in [0.2, 0.25) is 5.02 Å². The number of carbonyl (C=O) groups is 2. The highest BCUT2D eigenvalue weighted by Gasteiger charge is 2.29. The molecule has 0 radical (unpaired) electrons. The molecular weight excluding hydrogens is 422 g/mol. The van der Waals surface area contributed by atoms with Gasteiger partial charge in [-0.1, -0.05) is 25.4 Å². The van der Waals surface area contributed by atoms with Crippen molar-refractivity contribution in [3.63, 3.8) is 0 Å². The monoisotopic (exact) mass is 451 g/mol. The molecule has 0 aromatic carbocycles. The number of aromatic nitrogens is 2. The Morgan fingerprint density at radius 1 is 1.27 bits per heavy atom. The molecule has 0 fully saturated rings. The predicted molar refractivity (Wildman–Crippen MR) is 121 cm³/mol. The molecule has 30 heavy (non-hydrogen) atoms. The van der Waals surface area contributed by atoms with Gasteiger partial charge < -0.3 is 10.1 Å². The van der Waals surface area contributed by atoms with Gasteiger partial charge in [-0.25, -0.2) is 4.79 Å². The second-order valence-corrected chi connectivity index (χ2v) is 9.58. The van der Waals surface area contributed by atoms with Crippen molar-refractivity contribution >= 4 is 39.8 Å². The molecular formula is C22H30ClN3O3S. The van der Waals surface area contributed by atoms with E-state index >= 15 is 0 Å².